The van der Waals surface area contributed by atoms with Gasteiger partial charge in [0.2, 0.25) is 6.33 Å². The van der Waals surface area contributed by atoms with Crippen LogP contribution in [0.4, 0.5) is 0 Å². The van der Waals surface area contributed by atoms with Crippen LogP contribution in [0.15, 0.2) is 31.5 Å². The van der Waals surface area contributed by atoms with E-state index in [0.29, 0.717) is 6.54 Å². The fourth-order valence-corrected chi connectivity index (χ4v) is 0.744. The van der Waals surface area contributed by atoms with E-state index >= 15 is 0 Å². The molecule has 0 spiro atoms. The van der Waals surface area contributed by atoms with Crippen LogP contribution in [0.25, 0.3) is 0 Å². The maximum atomic E-state index is 10.9. The fraction of sp³-hybridized carbons (Fsp3) is 0.143. The number of rotatable bonds is 3. The van der Waals surface area contributed by atoms with Gasteiger partial charge in [0.05, 0.1) is 0 Å². The lowest BCUT2D eigenvalue weighted by atomic mass is 10.6. The van der Waals surface area contributed by atoms with E-state index in [1.807, 2.05) is 0 Å². The van der Waals surface area contributed by atoms with Gasteiger partial charge < -0.3 is 5.32 Å². The van der Waals surface area contributed by atoms with Crippen LogP contribution in [0.5, 0.6) is 0 Å². The number of aromatic nitrogens is 2. The maximum absolute atomic E-state index is 10.9. The second-order valence-corrected chi connectivity index (χ2v) is 2.06. The summed E-state index contributed by atoms with van der Waals surface area (Å²) in [4.78, 5) is 13.7. The Morgan fingerprint density at radius 1 is 1.82 bits per heavy atom. The van der Waals surface area contributed by atoms with Crippen LogP contribution in [0, 0.1) is 0 Å². The summed E-state index contributed by atoms with van der Waals surface area (Å²) in [6, 6.07) is 0. The normalized spacial score (nSPS) is 9.09. The molecule has 1 rings (SSSR count). The molecule has 1 heterocycles. The smallest absolute Gasteiger partial charge is 0.266 e. The molecule has 4 heteroatoms. The van der Waals surface area contributed by atoms with E-state index in [0.717, 1.165) is 0 Å². The zero-order chi connectivity index (χ0) is 8.10. The Bertz CT molecular complexity index is 240. The number of imidazole rings is 1. The van der Waals surface area contributed by atoms with Gasteiger partial charge in [-0.05, 0) is 6.20 Å². The van der Waals surface area contributed by atoms with Gasteiger partial charge in [0.1, 0.15) is 12.4 Å². The molecule has 0 saturated heterocycles. The number of nitrogens with one attached hydrogen (secondary N) is 2. The van der Waals surface area contributed by atoms with Crippen molar-refractivity contribution in [3.63, 3.8) is 0 Å². The number of carbonyl (C=O) groups is 1. The third-order valence-electron chi connectivity index (χ3n) is 1.19. The molecule has 11 heavy (non-hydrogen) atoms. The number of hydrogen-bond acceptors (Lipinski definition) is 1. The molecule has 0 aromatic carbocycles. The molecule has 1 aromatic rings. The topological polar surface area (TPSA) is 48.8 Å². The highest BCUT2D eigenvalue weighted by Gasteiger charge is 2.02. The minimum atomic E-state index is -0.0791. The molecular weight excluding hydrogens is 142 g/mol. The van der Waals surface area contributed by atoms with Crippen LogP contribution in [-0.2, 0) is 11.3 Å². The highest BCUT2D eigenvalue weighted by molar-refractivity contribution is 5.75. The molecule has 0 saturated carbocycles. The molecule has 2 N–H and O–H groups in total. The molecule has 4 nitrogen and oxygen atoms in total. The Kier molecular flexibility index (Phi) is 2.43. The van der Waals surface area contributed by atoms with Crippen LogP contribution in [0.1, 0.15) is 0 Å². The molecule has 58 valence electrons. The summed E-state index contributed by atoms with van der Waals surface area (Å²) in [6.07, 6.45) is 6.61. The Labute approximate surface area is 64.6 Å². The molecule has 0 fully saturated rings. The third-order valence-corrected chi connectivity index (χ3v) is 1.19. The van der Waals surface area contributed by atoms with Crippen molar-refractivity contribution < 1.29 is 9.36 Å². The van der Waals surface area contributed by atoms with Crippen LogP contribution in [-0.4, -0.2) is 10.9 Å². The SMILES string of the molecule is C=CNC(=O)C[n+]1cc[nH]c1. The van der Waals surface area contributed by atoms with Crippen molar-refractivity contribution in [1.82, 2.24) is 10.3 Å². The quantitative estimate of drug-likeness (QED) is 0.567. The molecular formula is C7H10N3O+. The largest absolute Gasteiger partial charge is 0.330 e. The lowest BCUT2D eigenvalue weighted by molar-refractivity contribution is -0.683. The van der Waals surface area contributed by atoms with Crippen LogP contribution < -0.4 is 9.88 Å². The van der Waals surface area contributed by atoms with E-state index in [2.05, 4.69) is 16.9 Å². The molecule has 0 radical (unpaired) electrons. The van der Waals surface area contributed by atoms with Crippen LogP contribution in [0.2, 0.25) is 0 Å². The van der Waals surface area contributed by atoms with Gasteiger partial charge in [0, 0.05) is 0 Å². The predicted octanol–water partition coefficient (Wildman–Crippen LogP) is -0.438. The first-order valence-corrected chi connectivity index (χ1v) is 3.25. The van der Waals surface area contributed by atoms with E-state index in [-0.39, 0.29) is 5.91 Å². The Balaban J connectivity index is 2.43. The standard InChI is InChI=1S/C7H9N3O/c1-2-9-7(11)5-10-4-3-8-6-10/h2-4,6H,1,5H2,(H,9,11)/p+1. The van der Waals surface area contributed by atoms with Crippen molar-refractivity contribution in [3.8, 4) is 0 Å². The van der Waals surface area contributed by atoms with Gasteiger partial charge in [-0.2, -0.15) is 0 Å². The second-order valence-electron chi connectivity index (χ2n) is 2.06. The number of hydrogen-bond donors (Lipinski definition) is 2. The first-order valence-electron chi connectivity index (χ1n) is 3.25. The summed E-state index contributed by atoms with van der Waals surface area (Å²) in [5.74, 6) is -0.0791. The Morgan fingerprint density at radius 2 is 2.64 bits per heavy atom. The third kappa shape index (κ3) is 2.25. The lowest BCUT2D eigenvalue weighted by Crippen LogP contribution is -2.39. The molecule has 0 unspecified atom stereocenters. The maximum Gasteiger partial charge on any atom is 0.266 e. The first kappa shape index (κ1) is 7.53. The van der Waals surface area contributed by atoms with E-state index in [1.165, 1.54) is 6.20 Å². The van der Waals surface area contributed by atoms with Crippen molar-refractivity contribution in [2.24, 2.45) is 0 Å². The molecule has 0 aliphatic carbocycles. The van der Waals surface area contributed by atoms with E-state index in [9.17, 15) is 4.79 Å². The summed E-state index contributed by atoms with van der Waals surface area (Å²) in [5.41, 5.74) is 0. The molecule has 0 bridgehead atoms. The number of nitrogens with zero attached hydrogens (tertiary/aromatic N) is 1. The lowest BCUT2D eigenvalue weighted by Gasteiger charge is -1.94. The molecule has 0 atom stereocenters. The van der Waals surface area contributed by atoms with E-state index in [4.69, 9.17) is 0 Å². The zero-order valence-corrected chi connectivity index (χ0v) is 6.08. The van der Waals surface area contributed by atoms with Gasteiger partial charge in [-0.15, -0.1) is 0 Å². The summed E-state index contributed by atoms with van der Waals surface area (Å²) < 4.78 is 1.73. The number of H-pyrrole nitrogens is 1. The van der Waals surface area contributed by atoms with Gasteiger partial charge in [0.15, 0.2) is 6.54 Å². The van der Waals surface area contributed by atoms with Crippen molar-refractivity contribution in [3.05, 3.63) is 31.5 Å². The minimum absolute atomic E-state index is 0.0791. The van der Waals surface area contributed by atoms with Crippen molar-refractivity contribution in [2.45, 2.75) is 6.54 Å². The van der Waals surface area contributed by atoms with Gasteiger partial charge in [-0.1, -0.05) is 6.58 Å². The molecule has 0 aliphatic rings. The minimum Gasteiger partial charge on any atom is -0.330 e. The summed E-state index contributed by atoms with van der Waals surface area (Å²) in [5, 5.41) is 2.47. The van der Waals surface area contributed by atoms with E-state index < -0.39 is 0 Å². The van der Waals surface area contributed by atoms with Crippen LogP contribution in [0.3, 0.4) is 0 Å². The van der Waals surface area contributed by atoms with Gasteiger partial charge in [0.25, 0.3) is 5.91 Å². The van der Waals surface area contributed by atoms with E-state index in [1.54, 1.807) is 23.3 Å². The van der Waals surface area contributed by atoms with Crippen molar-refractivity contribution in [2.75, 3.05) is 0 Å². The molecule has 0 aliphatic heterocycles. The number of carbonyl (C=O) groups excluding carboxylic acids is 1. The van der Waals surface area contributed by atoms with Gasteiger partial charge >= 0.3 is 0 Å². The van der Waals surface area contributed by atoms with Crippen molar-refractivity contribution >= 4 is 5.91 Å². The molecule has 1 aromatic heterocycles. The summed E-state index contributed by atoms with van der Waals surface area (Å²) in [6.45, 7) is 3.70. The highest BCUT2D eigenvalue weighted by atomic mass is 16.1. The molecule has 1 amide bonds. The predicted molar refractivity (Wildman–Crippen MR) is 39.3 cm³/mol. The average Bonchev–Trinajstić information content (AvgIpc) is 2.40. The number of aromatic amines is 1. The average molecular weight is 152 g/mol. The second kappa shape index (κ2) is 3.55. The summed E-state index contributed by atoms with van der Waals surface area (Å²) in [7, 11) is 0. The zero-order valence-electron chi connectivity index (χ0n) is 6.08. The van der Waals surface area contributed by atoms with Gasteiger partial charge in [-0.25, -0.2) is 4.57 Å². The summed E-state index contributed by atoms with van der Waals surface area (Å²) >= 11 is 0. The first-order chi connectivity index (χ1) is 5.33. The highest BCUT2D eigenvalue weighted by Crippen LogP contribution is 1.71. The Hall–Kier alpha value is -1.58. The van der Waals surface area contributed by atoms with Crippen molar-refractivity contribution in [1.29, 1.82) is 0 Å². The van der Waals surface area contributed by atoms with Gasteiger partial charge in [-0.3, -0.25) is 9.78 Å². The Morgan fingerprint density at radius 3 is 3.18 bits per heavy atom. The monoisotopic (exact) mass is 152 g/mol. The van der Waals surface area contributed by atoms with Crippen LogP contribution >= 0.6 is 0 Å². The number of amides is 1. The fourth-order valence-electron chi connectivity index (χ4n) is 0.744.